The summed E-state index contributed by atoms with van der Waals surface area (Å²) in [6.07, 6.45) is 1.63. The van der Waals surface area contributed by atoms with E-state index in [2.05, 4.69) is 20.9 Å². The Hall–Kier alpha value is -0.950. The molecule has 20 heavy (non-hydrogen) atoms. The molecular formula is C13H12BrClN2O2S. The fourth-order valence-electron chi connectivity index (χ4n) is 1.66. The first-order valence-corrected chi connectivity index (χ1v) is 8.33. The van der Waals surface area contributed by atoms with Crippen molar-refractivity contribution in [1.82, 2.24) is 9.29 Å². The van der Waals surface area contributed by atoms with Crippen LogP contribution < -0.4 is 0 Å². The van der Waals surface area contributed by atoms with E-state index < -0.39 is 10.0 Å². The van der Waals surface area contributed by atoms with E-state index in [0.29, 0.717) is 5.69 Å². The third-order valence-electron chi connectivity index (χ3n) is 2.69. The molecule has 0 saturated heterocycles. The Labute approximate surface area is 131 Å². The van der Waals surface area contributed by atoms with E-state index in [1.807, 2.05) is 6.07 Å². The van der Waals surface area contributed by atoms with E-state index in [-0.39, 0.29) is 16.5 Å². The summed E-state index contributed by atoms with van der Waals surface area (Å²) >= 11 is 9.26. The summed E-state index contributed by atoms with van der Waals surface area (Å²) in [6, 6.07) is 10.1. The number of rotatable bonds is 4. The molecule has 1 aromatic heterocycles. The predicted octanol–water partition coefficient (Wildman–Crippen LogP) is 3.32. The van der Waals surface area contributed by atoms with Crippen LogP contribution in [-0.2, 0) is 16.6 Å². The second-order valence-corrected chi connectivity index (χ2v) is 7.49. The molecule has 0 aliphatic carbocycles. The summed E-state index contributed by atoms with van der Waals surface area (Å²) < 4.78 is 26.9. The first-order valence-electron chi connectivity index (χ1n) is 5.72. The molecule has 0 saturated carbocycles. The normalized spacial score (nSPS) is 11.8. The van der Waals surface area contributed by atoms with Crippen molar-refractivity contribution in [1.29, 1.82) is 0 Å². The van der Waals surface area contributed by atoms with Crippen molar-refractivity contribution in [3.63, 3.8) is 0 Å². The zero-order valence-electron chi connectivity index (χ0n) is 10.6. The Morgan fingerprint density at radius 2 is 2.05 bits per heavy atom. The molecule has 0 atom stereocenters. The van der Waals surface area contributed by atoms with E-state index in [0.717, 1.165) is 4.47 Å². The summed E-state index contributed by atoms with van der Waals surface area (Å²) in [7, 11) is -2.14. The van der Waals surface area contributed by atoms with Crippen molar-refractivity contribution in [2.75, 3.05) is 7.05 Å². The van der Waals surface area contributed by atoms with Crippen LogP contribution in [0.3, 0.4) is 0 Å². The average molecular weight is 376 g/mol. The minimum absolute atomic E-state index is 0.0841. The molecule has 2 rings (SSSR count). The van der Waals surface area contributed by atoms with Crippen LogP contribution in [0.15, 0.2) is 52.0 Å². The number of sulfonamides is 1. The fourth-order valence-corrected chi connectivity index (χ4v) is 3.81. The summed E-state index contributed by atoms with van der Waals surface area (Å²) in [4.78, 5) is 4.20. The van der Waals surface area contributed by atoms with Crippen LogP contribution in [0, 0.1) is 0 Å². The van der Waals surface area contributed by atoms with Crippen LogP contribution in [0.5, 0.6) is 0 Å². The van der Waals surface area contributed by atoms with Crippen molar-refractivity contribution in [2.24, 2.45) is 0 Å². The Morgan fingerprint density at radius 3 is 2.65 bits per heavy atom. The van der Waals surface area contributed by atoms with Crippen LogP contribution in [0.4, 0.5) is 0 Å². The van der Waals surface area contributed by atoms with E-state index in [1.165, 1.54) is 17.4 Å². The maximum atomic E-state index is 12.5. The maximum Gasteiger partial charge on any atom is 0.244 e. The van der Waals surface area contributed by atoms with E-state index in [1.54, 1.807) is 30.5 Å². The largest absolute Gasteiger partial charge is 0.260 e. The van der Waals surface area contributed by atoms with Gasteiger partial charge in [-0.25, -0.2) is 8.42 Å². The second kappa shape index (κ2) is 6.22. The number of hydrogen-bond acceptors (Lipinski definition) is 3. The van der Waals surface area contributed by atoms with Crippen molar-refractivity contribution in [3.05, 3.63) is 57.8 Å². The standard InChI is InChI=1S/C13H12BrClN2O2S/c1-17(9-11-4-2-3-7-16-11)20(18,19)13-6-5-10(14)8-12(13)15/h2-8H,9H2,1H3. The number of nitrogens with zero attached hydrogens (tertiary/aromatic N) is 2. The third-order valence-corrected chi connectivity index (χ3v) is 5.47. The molecule has 1 aromatic carbocycles. The average Bonchev–Trinajstić information content (AvgIpc) is 2.39. The van der Waals surface area contributed by atoms with Gasteiger partial charge in [0.25, 0.3) is 0 Å². The van der Waals surface area contributed by atoms with Crippen molar-refractivity contribution in [3.8, 4) is 0 Å². The molecule has 0 fully saturated rings. The van der Waals surface area contributed by atoms with Crippen LogP contribution >= 0.6 is 27.5 Å². The molecule has 7 heteroatoms. The lowest BCUT2D eigenvalue weighted by Gasteiger charge is -2.17. The molecule has 106 valence electrons. The van der Waals surface area contributed by atoms with Crippen molar-refractivity contribution in [2.45, 2.75) is 11.4 Å². The molecule has 0 aliphatic heterocycles. The number of halogens is 2. The van der Waals surface area contributed by atoms with Gasteiger partial charge in [-0.2, -0.15) is 4.31 Å². The maximum absolute atomic E-state index is 12.5. The third kappa shape index (κ3) is 3.38. The second-order valence-electron chi connectivity index (χ2n) is 4.16. The Kier molecular flexibility index (Phi) is 4.80. The monoisotopic (exact) mass is 374 g/mol. The molecule has 4 nitrogen and oxygen atoms in total. The van der Waals surface area contributed by atoms with Crippen LogP contribution in [0.25, 0.3) is 0 Å². The predicted molar refractivity (Wildman–Crippen MR) is 82.0 cm³/mol. The molecule has 0 N–H and O–H groups in total. The zero-order valence-corrected chi connectivity index (χ0v) is 13.8. The van der Waals surface area contributed by atoms with Gasteiger partial charge in [-0.3, -0.25) is 4.98 Å². The SMILES string of the molecule is CN(Cc1ccccn1)S(=O)(=O)c1ccc(Br)cc1Cl. The number of pyridine rings is 1. The Bertz CT molecular complexity index is 708. The number of aromatic nitrogens is 1. The molecule has 0 unspecified atom stereocenters. The lowest BCUT2D eigenvalue weighted by atomic mass is 10.3. The van der Waals surface area contributed by atoms with Gasteiger partial charge in [0.05, 0.1) is 17.3 Å². The van der Waals surface area contributed by atoms with Gasteiger partial charge in [-0.1, -0.05) is 33.6 Å². The molecule has 0 radical (unpaired) electrons. The van der Waals surface area contributed by atoms with Gasteiger partial charge in [0.2, 0.25) is 10.0 Å². The smallest absolute Gasteiger partial charge is 0.244 e. The van der Waals surface area contributed by atoms with Crippen LogP contribution in [0.2, 0.25) is 5.02 Å². The highest BCUT2D eigenvalue weighted by Gasteiger charge is 2.24. The van der Waals surface area contributed by atoms with Gasteiger partial charge >= 0.3 is 0 Å². The van der Waals surface area contributed by atoms with Crippen molar-refractivity contribution >= 4 is 37.6 Å². The molecule has 0 bridgehead atoms. The lowest BCUT2D eigenvalue weighted by Crippen LogP contribution is -2.27. The molecule has 0 spiro atoms. The highest BCUT2D eigenvalue weighted by atomic mass is 79.9. The molecular weight excluding hydrogens is 364 g/mol. The van der Waals surface area contributed by atoms with E-state index in [4.69, 9.17) is 11.6 Å². The lowest BCUT2D eigenvalue weighted by molar-refractivity contribution is 0.462. The van der Waals surface area contributed by atoms with Gasteiger partial charge in [0, 0.05) is 17.7 Å². The van der Waals surface area contributed by atoms with Gasteiger partial charge in [-0.15, -0.1) is 0 Å². The topological polar surface area (TPSA) is 50.3 Å². The van der Waals surface area contributed by atoms with Gasteiger partial charge in [-0.05, 0) is 30.3 Å². The van der Waals surface area contributed by atoms with Gasteiger partial charge in [0.1, 0.15) is 4.90 Å². The minimum atomic E-state index is -3.64. The van der Waals surface area contributed by atoms with E-state index in [9.17, 15) is 8.42 Å². The molecule has 0 aliphatic rings. The minimum Gasteiger partial charge on any atom is -0.260 e. The molecule has 0 amide bonds. The van der Waals surface area contributed by atoms with Crippen LogP contribution in [-0.4, -0.2) is 24.8 Å². The fraction of sp³-hybridized carbons (Fsp3) is 0.154. The Morgan fingerprint density at radius 1 is 1.30 bits per heavy atom. The summed E-state index contributed by atoms with van der Waals surface area (Å²) in [5.74, 6) is 0. The molecule has 1 heterocycles. The highest BCUT2D eigenvalue weighted by molar-refractivity contribution is 9.10. The first-order chi connectivity index (χ1) is 9.41. The summed E-state index contributed by atoms with van der Waals surface area (Å²) in [6.45, 7) is 0.190. The number of hydrogen-bond donors (Lipinski definition) is 0. The van der Waals surface area contributed by atoms with Crippen molar-refractivity contribution < 1.29 is 8.42 Å². The summed E-state index contributed by atoms with van der Waals surface area (Å²) in [5, 5.41) is 0.187. The Balaban J connectivity index is 2.30. The van der Waals surface area contributed by atoms with Crippen LogP contribution in [0.1, 0.15) is 5.69 Å². The van der Waals surface area contributed by atoms with Gasteiger partial charge in [0.15, 0.2) is 0 Å². The molecule has 2 aromatic rings. The highest BCUT2D eigenvalue weighted by Crippen LogP contribution is 2.27. The number of benzene rings is 1. The first kappa shape index (κ1) is 15.4. The van der Waals surface area contributed by atoms with Gasteiger partial charge < -0.3 is 0 Å². The quantitative estimate of drug-likeness (QED) is 0.823. The summed E-state index contributed by atoms with van der Waals surface area (Å²) in [5.41, 5.74) is 0.673. The zero-order chi connectivity index (χ0) is 14.8. The van der Waals surface area contributed by atoms with E-state index >= 15 is 0 Å².